The van der Waals surface area contributed by atoms with Gasteiger partial charge < -0.3 is 10.0 Å². The van der Waals surface area contributed by atoms with Crippen molar-refractivity contribution in [2.24, 2.45) is 0 Å². The maximum atomic E-state index is 12.4. The van der Waals surface area contributed by atoms with Gasteiger partial charge in [0.05, 0.1) is 12.2 Å². The summed E-state index contributed by atoms with van der Waals surface area (Å²) in [4.78, 5) is 24.5. The summed E-state index contributed by atoms with van der Waals surface area (Å²) in [5.41, 5.74) is 1.04. The average molecular weight is 327 g/mol. The SMILES string of the molecule is CCCN(CCC(=O)O)C(=O)c1ccc(CS(C)(=O)=O)cc1. The van der Waals surface area contributed by atoms with Gasteiger partial charge in [-0.3, -0.25) is 9.59 Å². The number of carbonyl (C=O) groups is 2. The van der Waals surface area contributed by atoms with Gasteiger partial charge in [-0.15, -0.1) is 0 Å². The molecule has 0 heterocycles. The maximum absolute atomic E-state index is 12.4. The third-order valence-corrected chi connectivity index (χ3v) is 3.86. The average Bonchev–Trinajstić information content (AvgIpc) is 2.41. The van der Waals surface area contributed by atoms with Crippen LogP contribution < -0.4 is 0 Å². The van der Waals surface area contributed by atoms with Gasteiger partial charge in [0.2, 0.25) is 0 Å². The predicted molar refractivity (Wildman–Crippen MR) is 83.4 cm³/mol. The molecule has 0 saturated carbocycles. The minimum Gasteiger partial charge on any atom is -0.481 e. The molecule has 122 valence electrons. The van der Waals surface area contributed by atoms with Crippen molar-refractivity contribution in [3.05, 3.63) is 35.4 Å². The number of amides is 1. The Labute approximate surface area is 130 Å². The van der Waals surface area contributed by atoms with Crippen molar-refractivity contribution in [2.45, 2.75) is 25.5 Å². The molecule has 0 saturated heterocycles. The number of carbonyl (C=O) groups excluding carboxylic acids is 1. The summed E-state index contributed by atoms with van der Waals surface area (Å²) in [6, 6.07) is 6.36. The lowest BCUT2D eigenvalue weighted by Gasteiger charge is -2.21. The Balaban J connectivity index is 2.83. The van der Waals surface area contributed by atoms with E-state index in [0.29, 0.717) is 17.7 Å². The first-order valence-corrected chi connectivity index (χ1v) is 9.06. The summed E-state index contributed by atoms with van der Waals surface area (Å²) in [6.07, 6.45) is 1.79. The lowest BCUT2D eigenvalue weighted by Crippen LogP contribution is -2.33. The highest BCUT2D eigenvalue weighted by atomic mass is 32.2. The molecule has 0 aromatic heterocycles. The monoisotopic (exact) mass is 327 g/mol. The first kappa shape index (κ1) is 18.2. The van der Waals surface area contributed by atoms with Gasteiger partial charge in [-0.05, 0) is 24.1 Å². The molecule has 0 aliphatic rings. The van der Waals surface area contributed by atoms with Gasteiger partial charge >= 0.3 is 5.97 Å². The number of nitrogens with zero attached hydrogens (tertiary/aromatic N) is 1. The predicted octanol–water partition coefficient (Wildman–Crippen LogP) is 1.56. The van der Waals surface area contributed by atoms with E-state index >= 15 is 0 Å². The molecule has 0 aliphatic heterocycles. The van der Waals surface area contributed by atoms with Gasteiger partial charge in [0.1, 0.15) is 0 Å². The number of carboxylic acid groups (broad SMARTS) is 1. The third kappa shape index (κ3) is 6.26. The van der Waals surface area contributed by atoms with Crippen molar-refractivity contribution in [1.29, 1.82) is 0 Å². The van der Waals surface area contributed by atoms with E-state index in [2.05, 4.69) is 0 Å². The maximum Gasteiger partial charge on any atom is 0.305 e. The van der Waals surface area contributed by atoms with Crippen molar-refractivity contribution in [3.63, 3.8) is 0 Å². The fraction of sp³-hybridized carbons (Fsp3) is 0.467. The van der Waals surface area contributed by atoms with Crippen LogP contribution in [0.3, 0.4) is 0 Å². The van der Waals surface area contributed by atoms with Crippen LogP contribution in [0.4, 0.5) is 0 Å². The second-order valence-electron chi connectivity index (χ2n) is 5.20. The number of benzene rings is 1. The smallest absolute Gasteiger partial charge is 0.305 e. The molecular weight excluding hydrogens is 306 g/mol. The highest BCUT2D eigenvalue weighted by Gasteiger charge is 2.16. The zero-order chi connectivity index (χ0) is 16.8. The molecule has 22 heavy (non-hydrogen) atoms. The first-order valence-electron chi connectivity index (χ1n) is 7.00. The van der Waals surface area contributed by atoms with Gasteiger partial charge in [-0.1, -0.05) is 19.1 Å². The number of hydrogen-bond acceptors (Lipinski definition) is 4. The Bertz CT molecular complexity index is 622. The Kier molecular flexibility index (Phi) is 6.55. The Morgan fingerprint density at radius 1 is 1.14 bits per heavy atom. The zero-order valence-corrected chi connectivity index (χ0v) is 13.6. The fourth-order valence-corrected chi connectivity index (χ4v) is 2.84. The fourth-order valence-electron chi connectivity index (χ4n) is 2.04. The molecule has 7 heteroatoms. The van der Waals surface area contributed by atoms with E-state index in [1.807, 2.05) is 6.92 Å². The van der Waals surface area contributed by atoms with E-state index < -0.39 is 15.8 Å². The van der Waals surface area contributed by atoms with Crippen molar-refractivity contribution in [3.8, 4) is 0 Å². The summed E-state index contributed by atoms with van der Waals surface area (Å²) < 4.78 is 22.5. The topological polar surface area (TPSA) is 91.8 Å². The summed E-state index contributed by atoms with van der Waals surface area (Å²) in [5.74, 6) is -1.26. The molecule has 0 fully saturated rings. The molecular formula is C15H21NO5S. The van der Waals surface area contributed by atoms with Crippen molar-refractivity contribution in [1.82, 2.24) is 4.90 Å². The summed E-state index contributed by atoms with van der Waals surface area (Å²) in [7, 11) is -3.11. The number of rotatable bonds is 8. The Morgan fingerprint density at radius 3 is 2.18 bits per heavy atom. The molecule has 1 N–H and O–H groups in total. The van der Waals surface area contributed by atoms with Crippen molar-refractivity contribution >= 4 is 21.7 Å². The molecule has 0 spiro atoms. The molecule has 1 rings (SSSR count). The van der Waals surface area contributed by atoms with Crippen LogP contribution >= 0.6 is 0 Å². The van der Waals surface area contributed by atoms with E-state index in [4.69, 9.17) is 5.11 Å². The normalized spacial score (nSPS) is 11.2. The van der Waals surface area contributed by atoms with Crippen LogP contribution in [0.25, 0.3) is 0 Å². The summed E-state index contributed by atoms with van der Waals surface area (Å²) >= 11 is 0. The number of aliphatic carboxylic acids is 1. The van der Waals surface area contributed by atoms with E-state index in [-0.39, 0.29) is 24.6 Å². The van der Waals surface area contributed by atoms with Crippen LogP contribution in [-0.4, -0.2) is 49.6 Å². The third-order valence-electron chi connectivity index (χ3n) is 3.01. The van der Waals surface area contributed by atoms with E-state index in [1.165, 1.54) is 4.90 Å². The summed E-state index contributed by atoms with van der Waals surface area (Å²) in [5, 5.41) is 8.73. The van der Waals surface area contributed by atoms with Crippen LogP contribution in [0.15, 0.2) is 24.3 Å². The van der Waals surface area contributed by atoms with Crippen LogP contribution in [-0.2, 0) is 20.4 Å². The largest absolute Gasteiger partial charge is 0.481 e. The lowest BCUT2D eigenvalue weighted by molar-refractivity contribution is -0.137. The highest BCUT2D eigenvalue weighted by molar-refractivity contribution is 7.89. The Morgan fingerprint density at radius 2 is 1.73 bits per heavy atom. The second-order valence-corrected chi connectivity index (χ2v) is 7.34. The molecule has 0 aliphatic carbocycles. The summed E-state index contributed by atoms with van der Waals surface area (Å²) in [6.45, 7) is 2.56. The van der Waals surface area contributed by atoms with Crippen LogP contribution in [0.2, 0.25) is 0 Å². The van der Waals surface area contributed by atoms with Crippen molar-refractivity contribution < 1.29 is 23.1 Å². The lowest BCUT2D eigenvalue weighted by atomic mass is 10.1. The number of carboxylic acids is 1. The standard InChI is InChI=1S/C15H21NO5S/c1-3-9-16(10-8-14(17)18)15(19)13-6-4-12(5-7-13)11-22(2,20)21/h4-7H,3,8-11H2,1-2H3,(H,17,18). The van der Waals surface area contributed by atoms with Gasteiger partial charge in [0.25, 0.3) is 5.91 Å². The van der Waals surface area contributed by atoms with Gasteiger partial charge in [0.15, 0.2) is 9.84 Å². The van der Waals surface area contributed by atoms with Crippen molar-refractivity contribution in [2.75, 3.05) is 19.3 Å². The Hall–Kier alpha value is -1.89. The molecule has 1 amide bonds. The van der Waals surface area contributed by atoms with Gasteiger partial charge in [-0.2, -0.15) is 0 Å². The minimum absolute atomic E-state index is 0.0703. The molecule has 0 bridgehead atoms. The first-order chi connectivity index (χ1) is 10.2. The van der Waals surface area contributed by atoms with E-state index in [1.54, 1.807) is 24.3 Å². The van der Waals surface area contributed by atoms with Crippen LogP contribution in [0.5, 0.6) is 0 Å². The van der Waals surface area contributed by atoms with Gasteiger partial charge in [-0.25, -0.2) is 8.42 Å². The quantitative estimate of drug-likeness (QED) is 0.782. The number of sulfone groups is 1. The van der Waals surface area contributed by atoms with E-state index in [0.717, 1.165) is 12.7 Å². The molecule has 1 aromatic rings. The van der Waals surface area contributed by atoms with E-state index in [9.17, 15) is 18.0 Å². The minimum atomic E-state index is -3.11. The highest BCUT2D eigenvalue weighted by Crippen LogP contribution is 2.11. The molecule has 1 aromatic carbocycles. The zero-order valence-electron chi connectivity index (χ0n) is 12.8. The molecule has 0 radical (unpaired) electrons. The molecule has 0 atom stereocenters. The molecule has 6 nitrogen and oxygen atoms in total. The van der Waals surface area contributed by atoms with Gasteiger partial charge in [0, 0.05) is 24.9 Å². The second kappa shape index (κ2) is 7.93. The van der Waals surface area contributed by atoms with Crippen LogP contribution in [0.1, 0.15) is 35.7 Å². The molecule has 0 unspecified atom stereocenters. The number of hydrogen-bond donors (Lipinski definition) is 1. The van der Waals surface area contributed by atoms with Crippen LogP contribution in [0, 0.1) is 0 Å².